The van der Waals surface area contributed by atoms with Gasteiger partial charge >= 0.3 is 0 Å². The van der Waals surface area contributed by atoms with Crippen LogP contribution in [0, 0.1) is 29.1 Å². The lowest BCUT2D eigenvalue weighted by Gasteiger charge is -2.41. The zero-order chi connectivity index (χ0) is 19.1. The second-order valence-corrected chi connectivity index (χ2v) is 9.40. The Hall–Kier alpha value is -1.29. The van der Waals surface area contributed by atoms with Crippen LogP contribution in [0.2, 0.25) is 0 Å². The number of nitrogens with zero attached hydrogens (tertiary/aromatic N) is 1. The summed E-state index contributed by atoms with van der Waals surface area (Å²) in [7, 11) is 0. The fourth-order valence-corrected chi connectivity index (χ4v) is 5.80. The predicted octanol–water partition coefficient (Wildman–Crippen LogP) is 7.59. The predicted molar refractivity (Wildman–Crippen MR) is 115 cm³/mol. The van der Waals surface area contributed by atoms with E-state index < -0.39 is 0 Å². The molecule has 0 aromatic heterocycles. The Morgan fingerprint density at radius 1 is 0.889 bits per heavy atom. The van der Waals surface area contributed by atoms with Gasteiger partial charge in [-0.2, -0.15) is 5.26 Å². The van der Waals surface area contributed by atoms with Gasteiger partial charge < -0.3 is 0 Å². The summed E-state index contributed by atoms with van der Waals surface area (Å²) < 4.78 is 0. The van der Waals surface area contributed by atoms with Gasteiger partial charge in [-0.3, -0.25) is 0 Å². The van der Waals surface area contributed by atoms with Crippen molar-refractivity contribution in [2.24, 2.45) is 17.8 Å². The Kier molecular flexibility index (Phi) is 7.40. The summed E-state index contributed by atoms with van der Waals surface area (Å²) in [5.41, 5.74) is 2.47. The molecule has 3 rings (SSSR count). The fraction of sp³-hybridized carbons (Fsp3) is 0.731. The molecular weight excluding hydrogens is 326 g/mol. The maximum absolute atomic E-state index is 10.0. The van der Waals surface area contributed by atoms with Crippen LogP contribution in [0.3, 0.4) is 0 Å². The van der Waals surface area contributed by atoms with Gasteiger partial charge in [-0.1, -0.05) is 70.2 Å². The van der Waals surface area contributed by atoms with Gasteiger partial charge in [0.2, 0.25) is 0 Å². The first-order chi connectivity index (χ1) is 13.2. The van der Waals surface area contributed by atoms with E-state index in [2.05, 4.69) is 44.2 Å². The normalized spacial score (nSPS) is 31.4. The summed E-state index contributed by atoms with van der Waals surface area (Å²) in [4.78, 5) is 0. The summed E-state index contributed by atoms with van der Waals surface area (Å²) >= 11 is 0. The molecule has 0 saturated heterocycles. The SMILES string of the molecule is CCCCc1ccc(C2(C#N)CCC(C3CCC(CCC)CC3)CC2)cc1. The molecule has 27 heavy (non-hydrogen) atoms. The molecule has 0 amide bonds. The molecule has 0 atom stereocenters. The maximum atomic E-state index is 10.0. The number of hydrogen-bond acceptors (Lipinski definition) is 1. The quantitative estimate of drug-likeness (QED) is 0.488. The molecule has 2 fully saturated rings. The largest absolute Gasteiger partial charge is 0.197 e. The molecule has 148 valence electrons. The van der Waals surface area contributed by atoms with E-state index in [0.717, 1.165) is 30.6 Å². The molecule has 0 N–H and O–H groups in total. The molecule has 1 nitrogen and oxygen atoms in total. The molecule has 1 heteroatoms. The van der Waals surface area contributed by atoms with Gasteiger partial charge in [0.05, 0.1) is 11.5 Å². The zero-order valence-electron chi connectivity index (χ0n) is 17.7. The molecule has 1 aromatic rings. The van der Waals surface area contributed by atoms with E-state index in [1.54, 1.807) is 0 Å². The Morgan fingerprint density at radius 3 is 2.07 bits per heavy atom. The van der Waals surface area contributed by atoms with Crippen LogP contribution in [0.25, 0.3) is 0 Å². The van der Waals surface area contributed by atoms with Crippen molar-refractivity contribution in [1.29, 1.82) is 5.26 Å². The number of benzene rings is 1. The molecule has 0 radical (unpaired) electrons. The molecule has 0 spiro atoms. The van der Waals surface area contributed by atoms with Crippen LogP contribution in [0.15, 0.2) is 24.3 Å². The van der Waals surface area contributed by atoms with Gasteiger partial charge in [0.1, 0.15) is 0 Å². The Labute approximate surface area is 167 Å². The van der Waals surface area contributed by atoms with Crippen molar-refractivity contribution in [3.8, 4) is 6.07 Å². The van der Waals surface area contributed by atoms with E-state index in [-0.39, 0.29) is 5.41 Å². The summed E-state index contributed by atoms with van der Waals surface area (Å²) in [5.74, 6) is 2.81. The van der Waals surface area contributed by atoms with Crippen molar-refractivity contribution in [3.63, 3.8) is 0 Å². The average Bonchev–Trinajstić information content (AvgIpc) is 2.73. The topological polar surface area (TPSA) is 23.8 Å². The first-order valence-electron chi connectivity index (χ1n) is 11.7. The van der Waals surface area contributed by atoms with E-state index in [1.165, 1.54) is 81.8 Å². The average molecular weight is 366 g/mol. The van der Waals surface area contributed by atoms with E-state index in [9.17, 15) is 5.26 Å². The Balaban J connectivity index is 1.56. The lowest BCUT2D eigenvalue weighted by molar-refractivity contribution is 0.144. The molecule has 0 aliphatic heterocycles. The number of hydrogen-bond donors (Lipinski definition) is 0. The molecule has 0 unspecified atom stereocenters. The summed E-state index contributed by atoms with van der Waals surface area (Å²) in [6, 6.07) is 11.8. The number of aryl methyl sites for hydroxylation is 1. The summed E-state index contributed by atoms with van der Waals surface area (Å²) in [6.07, 6.45) is 16.9. The first kappa shape index (κ1) is 20.4. The second-order valence-electron chi connectivity index (χ2n) is 9.40. The highest BCUT2D eigenvalue weighted by Gasteiger charge is 2.39. The van der Waals surface area contributed by atoms with E-state index in [0.29, 0.717) is 0 Å². The van der Waals surface area contributed by atoms with Gasteiger partial charge in [-0.15, -0.1) is 0 Å². The van der Waals surface area contributed by atoms with Crippen LogP contribution in [-0.2, 0) is 11.8 Å². The van der Waals surface area contributed by atoms with Crippen LogP contribution >= 0.6 is 0 Å². The van der Waals surface area contributed by atoms with E-state index in [1.807, 2.05) is 0 Å². The monoisotopic (exact) mass is 365 g/mol. The van der Waals surface area contributed by atoms with Crippen molar-refractivity contribution >= 4 is 0 Å². The molecule has 2 saturated carbocycles. The summed E-state index contributed by atoms with van der Waals surface area (Å²) in [5, 5.41) is 10.0. The van der Waals surface area contributed by atoms with Crippen molar-refractivity contribution in [3.05, 3.63) is 35.4 Å². The van der Waals surface area contributed by atoms with Crippen LogP contribution in [0.5, 0.6) is 0 Å². The zero-order valence-corrected chi connectivity index (χ0v) is 17.7. The van der Waals surface area contributed by atoms with Crippen molar-refractivity contribution in [2.75, 3.05) is 0 Å². The highest BCUT2D eigenvalue weighted by molar-refractivity contribution is 5.35. The highest BCUT2D eigenvalue weighted by Crippen LogP contribution is 2.47. The minimum Gasteiger partial charge on any atom is -0.197 e. The first-order valence-corrected chi connectivity index (χ1v) is 11.7. The maximum Gasteiger partial charge on any atom is 0.0822 e. The number of rotatable bonds is 7. The van der Waals surface area contributed by atoms with Crippen LogP contribution in [0.1, 0.15) is 102 Å². The molecule has 0 heterocycles. The van der Waals surface area contributed by atoms with Crippen LogP contribution in [-0.4, -0.2) is 0 Å². The lowest BCUT2D eigenvalue weighted by Crippen LogP contribution is -2.33. The Morgan fingerprint density at radius 2 is 1.52 bits per heavy atom. The van der Waals surface area contributed by atoms with Gasteiger partial charge in [0, 0.05) is 0 Å². The lowest BCUT2D eigenvalue weighted by atomic mass is 9.62. The van der Waals surface area contributed by atoms with E-state index >= 15 is 0 Å². The highest BCUT2D eigenvalue weighted by atomic mass is 14.5. The van der Waals surface area contributed by atoms with Gasteiger partial charge in [0.25, 0.3) is 0 Å². The van der Waals surface area contributed by atoms with Crippen LogP contribution < -0.4 is 0 Å². The molecule has 1 aromatic carbocycles. The standard InChI is InChI=1S/C26H39N/c1-3-5-7-22-10-14-25(15-11-22)26(20-27)18-16-24(17-19-26)23-12-8-21(6-4-2)9-13-23/h10-11,14-15,21,23-24H,3-9,12-13,16-19H2,1-2H3. The number of nitriles is 1. The molecule has 2 aliphatic rings. The number of unbranched alkanes of at least 4 members (excludes halogenated alkanes) is 1. The second kappa shape index (κ2) is 9.77. The fourth-order valence-electron chi connectivity index (χ4n) is 5.80. The van der Waals surface area contributed by atoms with Gasteiger partial charge in [-0.05, 0) is 80.2 Å². The third kappa shape index (κ3) is 4.96. The van der Waals surface area contributed by atoms with Gasteiger partial charge in [0.15, 0.2) is 0 Å². The summed E-state index contributed by atoms with van der Waals surface area (Å²) in [6.45, 7) is 4.57. The Bertz CT molecular complexity index is 592. The van der Waals surface area contributed by atoms with Crippen LogP contribution in [0.4, 0.5) is 0 Å². The minimum absolute atomic E-state index is 0.223. The van der Waals surface area contributed by atoms with Crippen molar-refractivity contribution in [2.45, 2.75) is 103 Å². The third-order valence-corrected chi connectivity index (χ3v) is 7.68. The van der Waals surface area contributed by atoms with E-state index in [4.69, 9.17) is 0 Å². The smallest absolute Gasteiger partial charge is 0.0822 e. The molecule has 0 bridgehead atoms. The third-order valence-electron chi connectivity index (χ3n) is 7.68. The van der Waals surface area contributed by atoms with Crippen molar-refractivity contribution in [1.82, 2.24) is 0 Å². The molecule has 2 aliphatic carbocycles. The molecular formula is C26H39N. The van der Waals surface area contributed by atoms with Gasteiger partial charge in [-0.25, -0.2) is 0 Å². The minimum atomic E-state index is -0.223. The van der Waals surface area contributed by atoms with Crippen molar-refractivity contribution < 1.29 is 0 Å².